The monoisotopic (exact) mass is 264 g/mol. The highest BCUT2D eigenvalue weighted by Gasteiger charge is 1.99. The second kappa shape index (κ2) is 8.13. The average molecular weight is 264 g/mol. The van der Waals surface area contributed by atoms with Crippen LogP contribution in [0.5, 0.6) is 0 Å². The molecule has 0 amide bonds. The molecule has 0 aliphatic heterocycles. The SMILES string of the molecule is O[C@H](/C=C/C=C/c1ccccc1)CCc1ccccc1. The Morgan fingerprint density at radius 3 is 2.20 bits per heavy atom. The van der Waals surface area contributed by atoms with Crippen LogP contribution in [-0.4, -0.2) is 11.2 Å². The summed E-state index contributed by atoms with van der Waals surface area (Å²) in [5.41, 5.74) is 2.43. The fourth-order valence-corrected chi connectivity index (χ4v) is 1.98. The normalized spacial score (nSPS) is 13.1. The molecule has 0 saturated heterocycles. The van der Waals surface area contributed by atoms with Gasteiger partial charge in [-0.3, -0.25) is 0 Å². The van der Waals surface area contributed by atoms with Crippen molar-refractivity contribution in [3.63, 3.8) is 0 Å². The molecule has 1 nitrogen and oxygen atoms in total. The van der Waals surface area contributed by atoms with Gasteiger partial charge in [-0.15, -0.1) is 0 Å². The van der Waals surface area contributed by atoms with E-state index in [1.165, 1.54) is 5.56 Å². The van der Waals surface area contributed by atoms with Gasteiger partial charge in [0.15, 0.2) is 0 Å². The highest BCUT2D eigenvalue weighted by Crippen LogP contribution is 2.06. The van der Waals surface area contributed by atoms with Gasteiger partial charge in [0.25, 0.3) is 0 Å². The highest BCUT2D eigenvalue weighted by molar-refractivity contribution is 5.50. The van der Waals surface area contributed by atoms with E-state index in [0.29, 0.717) is 0 Å². The molecule has 0 aromatic heterocycles. The predicted molar refractivity (Wildman–Crippen MR) is 85.4 cm³/mol. The summed E-state index contributed by atoms with van der Waals surface area (Å²) in [6.07, 6.45) is 8.98. The molecule has 1 heteroatoms. The van der Waals surface area contributed by atoms with E-state index >= 15 is 0 Å². The van der Waals surface area contributed by atoms with Crippen molar-refractivity contribution >= 4 is 6.08 Å². The second-order valence-electron chi connectivity index (χ2n) is 4.75. The van der Waals surface area contributed by atoms with Gasteiger partial charge in [0, 0.05) is 0 Å². The van der Waals surface area contributed by atoms with Crippen molar-refractivity contribution in [1.82, 2.24) is 0 Å². The third-order valence-electron chi connectivity index (χ3n) is 3.10. The van der Waals surface area contributed by atoms with Crippen LogP contribution in [0.15, 0.2) is 78.9 Å². The van der Waals surface area contributed by atoms with Crippen molar-refractivity contribution in [3.8, 4) is 0 Å². The van der Waals surface area contributed by atoms with Gasteiger partial charge in [0.1, 0.15) is 0 Å². The first kappa shape index (κ1) is 14.3. The molecule has 1 atom stereocenters. The van der Waals surface area contributed by atoms with Gasteiger partial charge in [0.05, 0.1) is 6.10 Å². The Bertz CT molecular complexity index is 540. The van der Waals surface area contributed by atoms with Crippen LogP contribution in [0, 0.1) is 0 Å². The van der Waals surface area contributed by atoms with Crippen LogP contribution in [-0.2, 0) is 6.42 Å². The molecule has 2 rings (SSSR count). The molecule has 1 N–H and O–H groups in total. The molecule has 0 radical (unpaired) electrons. The Balaban J connectivity index is 1.75. The molecule has 0 bridgehead atoms. The fraction of sp³-hybridized carbons (Fsp3) is 0.158. The summed E-state index contributed by atoms with van der Waals surface area (Å²) in [5.74, 6) is 0. The third kappa shape index (κ3) is 5.25. The topological polar surface area (TPSA) is 20.2 Å². The second-order valence-corrected chi connectivity index (χ2v) is 4.75. The van der Waals surface area contributed by atoms with Gasteiger partial charge in [0.2, 0.25) is 0 Å². The predicted octanol–water partition coefficient (Wildman–Crippen LogP) is 4.25. The summed E-state index contributed by atoms with van der Waals surface area (Å²) in [6.45, 7) is 0. The molecule has 102 valence electrons. The number of allylic oxidation sites excluding steroid dienone is 2. The van der Waals surface area contributed by atoms with Gasteiger partial charge in [-0.25, -0.2) is 0 Å². The molecule has 2 aromatic carbocycles. The lowest BCUT2D eigenvalue weighted by Crippen LogP contribution is -2.03. The summed E-state index contributed by atoms with van der Waals surface area (Å²) in [7, 11) is 0. The summed E-state index contributed by atoms with van der Waals surface area (Å²) < 4.78 is 0. The van der Waals surface area contributed by atoms with Crippen LogP contribution in [0.1, 0.15) is 17.5 Å². The first-order valence-electron chi connectivity index (χ1n) is 6.96. The minimum Gasteiger partial charge on any atom is -0.389 e. The molecule has 0 aliphatic carbocycles. The number of hydrogen-bond acceptors (Lipinski definition) is 1. The van der Waals surface area contributed by atoms with E-state index in [4.69, 9.17) is 0 Å². The Hall–Kier alpha value is -2.12. The maximum absolute atomic E-state index is 9.89. The van der Waals surface area contributed by atoms with E-state index in [2.05, 4.69) is 24.3 Å². The number of aliphatic hydroxyl groups excluding tert-OH is 1. The molecule has 0 saturated carbocycles. The quantitative estimate of drug-likeness (QED) is 0.773. The minimum atomic E-state index is -0.393. The smallest absolute Gasteiger partial charge is 0.0727 e. The van der Waals surface area contributed by atoms with Gasteiger partial charge in [-0.2, -0.15) is 0 Å². The van der Waals surface area contributed by atoms with Crippen molar-refractivity contribution < 1.29 is 5.11 Å². The van der Waals surface area contributed by atoms with Gasteiger partial charge in [-0.1, -0.05) is 85.0 Å². The van der Waals surface area contributed by atoms with Crippen LogP contribution in [0.3, 0.4) is 0 Å². The zero-order valence-corrected chi connectivity index (χ0v) is 11.5. The van der Waals surface area contributed by atoms with Crippen LogP contribution >= 0.6 is 0 Å². The van der Waals surface area contributed by atoms with Crippen molar-refractivity contribution in [3.05, 3.63) is 90.0 Å². The van der Waals surface area contributed by atoms with Crippen LogP contribution < -0.4 is 0 Å². The zero-order chi connectivity index (χ0) is 14.0. The molecular weight excluding hydrogens is 244 g/mol. The largest absolute Gasteiger partial charge is 0.389 e. The van der Waals surface area contributed by atoms with E-state index in [9.17, 15) is 5.11 Å². The van der Waals surface area contributed by atoms with E-state index < -0.39 is 6.10 Å². The van der Waals surface area contributed by atoms with Crippen LogP contribution in [0.25, 0.3) is 6.08 Å². The van der Waals surface area contributed by atoms with E-state index in [1.54, 1.807) is 0 Å². The Kier molecular flexibility index (Phi) is 5.81. The van der Waals surface area contributed by atoms with E-state index in [-0.39, 0.29) is 0 Å². The lowest BCUT2D eigenvalue weighted by Gasteiger charge is -2.04. The lowest BCUT2D eigenvalue weighted by atomic mass is 10.1. The number of aliphatic hydroxyl groups is 1. The summed E-state index contributed by atoms with van der Waals surface area (Å²) in [5, 5.41) is 9.89. The first-order valence-corrected chi connectivity index (χ1v) is 6.96. The van der Waals surface area contributed by atoms with Crippen molar-refractivity contribution in [2.45, 2.75) is 18.9 Å². The molecule has 0 unspecified atom stereocenters. The summed E-state index contributed by atoms with van der Waals surface area (Å²) in [6, 6.07) is 20.4. The minimum absolute atomic E-state index is 0.393. The Morgan fingerprint density at radius 1 is 0.850 bits per heavy atom. The molecule has 20 heavy (non-hydrogen) atoms. The van der Waals surface area contributed by atoms with Gasteiger partial charge in [-0.05, 0) is 24.0 Å². The van der Waals surface area contributed by atoms with Crippen molar-refractivity contribution in [2.75, 3.05) is 0 Å². The zero-order valence-electron chi connectivity index (χ0n) is 11.5. The fourth-order valence-electron chi connectivity index (χ4n) is 1.98. The molecule has 0 heterocycles. The standard InChI is InChI=1S/C19H20O/c20-19(16-15-18-11-5-2-6-12-18)14-8-7-13-17-9-3-1-4-10-17/h1-14,19-20H,15-16H2/b13-7+,14-8+/t19-/m1/s1. The van der Waals surface area contributed by atoms with Crippen molar-refractivity contribution in [2.24, 2.45) is 0 Å². The first-order chi connectivity index (χ1) is 9.84. The maximum atomic E-state index is 9.89. The van der Waals surface area contributed by atoms with Crippen LogP contribution in [0.2, 0.25) is 0 Å². The molecule has 0 spiro atoms. The number of benzene rings is 2. The Labute approximate surface area is 120 Å². The number of hydrogen-bond donors (Lipinski definition) is 1. The average Bonchev–Trinajstić information content (AvgIpc) is 2.52. The molecule has 0 fully saturated rings. The van der Waals surface area contributed by atoms with Gasteiger partial charge >= 0.3 is 0 Å². The van der Waals surface area contributed by atoms with E-state index in [1.807, 2.05) is 60.7 Å². The highest BCUT2D eigenvalue weighted by atomic mass is 16.3. The molecular formula is C19H20O. The molecule has 2 aromatic rings. The van der Waals surface area contributed by atoms with Crippen LogP contribution in [0.4, 0.5) is 0 Å². The summed E-state index contributed by atoms with van der Waals surface area (Å²) >= 11 is 0. The maximum Gasteiger partial charge on any atom is 0.0727 e. The van der Waals surface area contributed by atoms with Gasteiger partial charge < -0.3 is 5.11 Å². The number of rotatable bonds is 6. The van der Waals surface area contributed by atoms with Crippen molar-refractivity contribution in [1.29, 1.82) is 0 Å². The summed E-state index contributed by atoms with van der Waals surface area (Å²) in [4.78, 5) is 0. The van der Waals surface area contributed by atoms with E-state index in [0.717, 1.165) is 18.4 Å². The third-order valence-corrected chi connectivity index (χ3v) is 3.10. The Morgan fingerprint density at radius 2 is 1.50 bits per heavy atom. The number of aryl methyl sites for hydroxylation is 1. The lowest BCUT2D eigenvalue weighted by molar-refractivity contribution is 0.213. The molecule has 0 aliphatic rings.